The van der Waals surface area contributed by atoms with Gasteiger partial charge in [-0.15, -0.1) is 0 Å². The van der Waals surface area contributed by atoms with E-state index in [0.717, 1.165) is 37.4 Å². The van der Waals surface area contributed by atoms with Crippen molar-refractivity contribution in [1.29, 1.82) is 0 Å². The van der Waals surface area contributed by atoms with E-state index in [1.54, 1.807) is 7.11 Å². The summed E-state index contributed by atoms with van der Waals surface area (Å²) in [5.41, 5.74) is 8.43. The van der Waals surface area contributed by atoms with Gasteiger partial charge in [-0.25, -0.2) is 0 Å². The molecule has 1 aromatic rings. The highest BCUT2D eigenvalue weighted by molar-refractivity contribution is 5.40. The zero-order valence-electron chi connectivity index (χ0n) is 9.03. The predicted octanol–water partition coefficient (Wildman–Crippen LogP) is 1.66. The number of ether oxygens (including phenoxy) is 2. The van der Waals surface area contributed by atoms with Gasteiger partial charge in [0.2, 0.25) is 0 Å². The van der Waals surface area contributed by atoms with Gasteiger partial charge in [0.25, 0.3) is 0 Å². The first-order chi connectivity index (χ1) is 7.31. The minimum atomic E-state index is 0.122. The lowest BCUT2D eigenvalue weighted by molar-refractivity contribution is 0.202. The fourth-order valence-electron chi connectivity index (χ4n) is 1.85. The third-order valence-corrected chi connectivity index (χ3v) is 2.75. The fourth-order valence-corrected chi connectivity index (χ4v) is 1.85. The minimum absolute atomic E-state index is 0.122. The Morgan fingerprint density at radius 3 is 3.20 bits per heavy atom. The van der Waals surface area contributed by atoms with E-state index in [0.29, 0.717) is 0 Å². The second-order valence-electron chi connectivity index (χ2n) is 3.86. The zero-order valence-corrected chi connectivity index (χ0v) is 9.03. The zero-order chi connectivity index (χ0) is 10.7. The molecule has 0 amide bonds. The van der Waals surface area contributed by atoms with Crippen LogP contribution in [0.1, 0.15) is 23.6 Å². The summed E-state index contributed by atoms with van der Waals surface area (Å²) in [6, 6.07) is 6.35. The van der Waals surface area contributed by atoms with E-state index < -0.39 is 0 Å². The molecule has 2 N–H and O–H groups in total. The maximum atomic E-state index is 6.03. The molecule has 2 rings (SSSR count). The molecule has 3 heteroatoms. The van der Waals surface area contributed by atoms with Gasteiger partial charge in [-0.05, 0) is 18.1 Å². The van der Waals surface area contributed by atoms with E-state index in [1.807, 2.05) is 6.07 Å². The Bertz CT molecular complexity index is 338. The predicted molar refractivity (Wildman–Crippen MR) is 59.1 cm³/mol. The van der Waals surface area contributed by atoms with E-state index in [1.165, 1.54) is 5.56 Å². The molecule has 0 saturated carbocycles. The number of nitrogens with two attached hydrogens (primary N) is 1. The van der Waals surface area contributed by atoms with Gasteiger partial charge < -0.3 is 15.2 Å². The Kier molecular flexibility index (Phi) is 3.23. The molecule has 0 aliphatic carbocycles. The summed E-state index contributed by atoms with van der Waals surface area (Å²) in [5.74, 6) is 0.940. The van der Waals surface area contributed by atoms with Crippen molar-refractivity contribution in [3.8, 4) is 5.75 Å². The summed E-state index contributed by atoms with van der Waals surface area (Å²) >= 11 is 0. The number of fused-ring (bicyclic) bond motifs is 1. The SMILES string of the molecule is COCCc1ccc2c(c1)[C@@H](N)CCO2. The molecule has 3 nitrogen and oxygen atoms in total. The van der Waals surface area contributed by atoms with Gasteiger partial charge in [0, 0.05) is 25.1 Å². The molecule has 0 saturated heterocycles. The summed E-state index contributed by atoms with van der Waals surface area (Å²) in [4.78, 5) is 0. The number of methoxy groups -OCH3 is 1. The average Bonchev–Trinajstić information content (AvgIpc) is 2.27. The van der Waals surface area contributed by atoms with E-state index in [2.05, 4.69) is 12.1 Å². The van der Waals surface area contributed by atoms with Gasteiger partial charge in [-0.3, -0.25) is 0 Å². The van der Waals surface area contributed by atoms with Gasteiger partial charge in [0.1, 0.15) is 5.75 Å². The van der Waals surface area contributed by atoms with Crippen LogP contribution in [0.15, 0.2) is 18.2 Å². The van der Waals surface area contributed by atoms with Crippen molar-refractivity contribution in [1.82, 2.24) is 0 Å². The fraction of sp³-hybridized carbons (Fsp3) is 0.500. The first kappa shape index (κ1) is 10.5. The topological polar surface area (TPSA) is 44.5 Å². The lowest BCUT2D eigenvalue weighted by atomic mass is 9.98. The quantitative estimate of drug-likeness (QED) is 0.819. The second kappa shape index (κ2) is 4.64. The van der Waals surface area contributed by atoms with Crippen LogP contribution in [0.2, 0.25) is 0 Å². The van der Waals surface area contributed by atoms with Gasteiger partial charge in [0.15, 0.2) is 0 Å². The molecular weight excluding hydrogens is 190 g/mol. The molecule has 0 radical (unpaired) electrons. The molecule has 0 unspecified atom stereocenters. The van der Waals surface area contributed by atoms with Gasteiger partial charge >= 0.3 is 0 Å². The maximum Gasteiger partial charge on any atom is 0.124 e. The van der Waals surface area contributed by atoms with Crippen molar-refractivity contribution in [2.45, 2.75) is 18.9 Å². The molecule has 1 atom stereocenters. The number of rotatable bonds is 3. The minimum Gasteiger partial charge on any atom is -0.493 e. The van der Waals surface area contributed by atoms with Crippen LogP contribution in [0.4, 0.5) is 0 Å². The third kappa shape index (κ3) is 2.30. The first-order valence-electron chi connectivity index (χ1n) is 5.31. The van der Waals surface area contributed by atoms with Crippen molar-refractivity contribution < 1.29 is 9.47 Å². The van der Waals surface area contributed by atoms with Crippen LogP contribution < -0.4 is 10.5 Å². The average molecular weight is 207 g/mol. The maximum absolute atomic E-state index is 6.03. The first-order valence-corrected chi connectivity index (χ1v) is 5.31. The summed E-state index contributed by atoms with van der Waals surface area (Å²) in [6.07, 6.45) is 1.83. The molecule has 0 aromatic heterocycles. The Balaban J connectivity index is 2.19. The summed E-state index contributed by atoms with van der Waals surface area (Å²) in [6.45, 7) is 1.47. The Morgan fingerprint density at radius 1 is 1.53 bits per heavy atom. The monoisotopic (exact) mass is 207 g/mol. The van der Waals surface area contributed by atoms with Crippen LogP contribution in [0.3, 0.4) is 0 Å². The highest BCUT2D eigenvalue weighted by Crippen LogP contribution is 2.31. The van der Waals surface area contributed by atoms with Crippen LogP contribution in [-0.4, -0.2) is 20.3 Å². The molecule has 1 aliphatic rings. The molecule has 1 heterocycles. The third-order valence-electron chi connectivity index (χ3n) is 2.75. The van der Waals surface area contributed by atoms with Gasteiger partial charge in [-0.1, -0.05) is 12.1 Å². The largest absolute Gasteiger partial charge is 0.493 e. The lowest BCUT2D eigenvalue weighted by Crippen LogP contribution is -2.20. The molecule has 0 fully saturated rings. The van der Waals surface area contributed by atoms with Crippen molar-refractivity contribution in [2.75, 3.05) is 20.3 Å². The van der Waals surface area contributed by atoms with Crippen molar-refractivity contribution >= 4 is 0 Å². The molecule has 15 heavy (non-hydrogen) atoms. The van der Waals surface area contributed by atoms with Gasteiger partial charge in [0.05, 0.1) is 13.2 Å². The van der Waals surface area contributed by atoms with Crippen molar-refractivity contribution in [3.05, 3.63) is 29.3 Å². The van der Waals surface area contributed by atoms with Crippen LogP contribution in [0.5, 0.6) is 5.75 Å². The van der Waals surface area contributed by atoms with Crippen LogP contribution in [0, 0.1) is 0 Å². The second-order valence-corrected chi connectivity index (χ2v) is 3.86. The lowest BCUT2D eigenvalue weighted by Gasteiger charge is -2.23. The molecule has 1 aromatic carbocycles. The number of hydrogen-bond donors (Lipinski definition) is 1. The summed E-state index contributed by atoms with van der Waals surface area (Å²) < 4.78 is 10.6. The number of benzene rings is 1. The van der Waals surface area contributed by atoms with Gasteiger partial charge in [-0.2, -0.15) is 0 Å². The van der Waals surface area contributed by atoms with Crippen molar-refractivity contribution in [2.24, 2.45) is 5.73 Å². The molecule has 1 aliphatic heterocycles. The molecule has 0 bridgehead atoms. The van der Waals surface area contributed by atoms with E-state index >= 15 is 0 Å². The highest BCUT2D eigenvalue weighted by Gasteiger charge is 2.17. The Labute approximate surface area is 90.2 Å². The Morgan fingerprint density at radius 2 is 2.40 bits per heavy atom. The van der Waals surface area contributed by atoms with E-state index in [4.69, 9.17) is 15.2 Å². The van der Waals surface area contributed by atoms with Crippen molar-refractivity contribution in [3.63, 3.8) is 0 Å². The van der Waals surface area contributed by atoms with Crippen LogP contribution >= 0.6 is 0 Å². The van der Waals surface area contributed by atoms with E-state index in [-0.39, 0.29) is 6.04 Å². The number of hydrogen-bond acceptors (Lipinski definition) is 3. The summed E-state index contributed by atoms with van der Waals surface area (Å²) in [7, 11) is 1.72. The molecule has 82 valence electrons. The Hall–Kier alpha value is -1.06. The highest BCUT2D eigenvalue weighted by atomic mass is 16.5. The van der Waals surface area contributed by atoms with E-state index in [9.17, 15) is 0 Å². The molecule has 0 spiro atoms. The smallest absolute Gasteiger partial charge is 0.124 e. The summed E-state index contributed by atoms with van der Waals surface area (Å²) in [5, 5.41) is 0. The van der Waals surface area contributed by atoms with Crippen LogP contribution in [-0.2, 0) is 11.2 Å². The normalized spacial score (nSPS) is 19.5. The van der Waals surface area contributed by atoms with Crippen LogP contribution in [0.25, 0.3) is 0 Å². The standard InChI is InChI=1S/C12H17NO2/c1-14-6-4-9-2-3-12-10(8-9)11(13)5-7-15-12/h2-3,8,11H,4-7,13H2,1H3/t11-/m0/s1. The molecular formula is C12H17NO2.